The lowest BCUT2D eigenvalue weighted by atomic mass is 10.0. The second kappa shape index (κ2) is 6.05. The number of hydrogen-bond donors (Lipinski definition) is 1. The molecular formula is C18H17ClN4. The van der Waals surface area contributed by atoms with Crippen LogP contribution < -0.4 is 5.32 Å². The van der Waals surface area contributed by atoms with Crippen LogP contribution >= 0.6 is 11.6 Å². The summed E-state index contributed by atoms with van der Waals surface area (Å²) in [6.45, 7) is 0.967. The zero-order chi connectivity index (χ0) is 15.6. The zero-order valence-electron chi connectivity index (χ0n) is 12.7. The predicted molar refractivity (Wildman–Crippen MR) is 93.2 cm³/mol. The molecule has 1 aromatic carbocycles. The monoisotopic (exact) mass is 324 g/mol. The van der Waals surface area contributed by atoms with Gasteiger partial charge in [-0.2, -0.15) is 5.10 Å². The van der Waals surface area contributed by atoms with Gasteiger partial charge in [0.1, 0.15) is 5.82 Å². The van der Waals surface area contributed by atoms with Gasteiger partial charge in [0.25, 0.3) is 0 Å². The van der Waals surface area contributed by atoms with Crippen molar-refractivity contribution in [3.63, 3.8) is 0 Å². The molecule has 5 heteroatoms. The van der Waals surface area contributed by atoms with E-state index in [1.807, 2.05) is 53.5 Å². The third-order valence-corrected chi connectivity index (χ3v) is 4.37. The van der Waals surface area contributed by atoms with Crippen LogP contribution in [0.3, 0.4) is 0 Å². The number of anilines is 1. The molecular weight excluding hydrogens is 308 g/mol. The summed E-state index contributed by atoms with van der Waals surface area (Å²) in [5.41, 5.74) is 4.37. The Kier molecular flexibility index (Phi) is 3.75. The largest absolute Gasteiger partial charge is 0.370 e. The Labute approximate surface area is 140 Å². The predicted octanol–water partition coefficient (Wildman–Crippen LogP) is 4.34. The number of fused-ring (bicyclic) bond motifs is 1. The van der Waals surface area contributed by atoms with Gasteiger partial charge < -0.3 is 5.32 Å². The Morgan fingerprint density at radius 1 is 1.09 bits per heavy atom. The van der Waals surface area contributed by atoms with Gasteiger partial charge >= 0.3 is 0 Å². The molecule has 0 spiro atoms. The van der Waals surface area contributed by atoms with E-state index in [2.05, 4.69) is 10.3 Å². The van der Waals surface area contributed by atoms with Crippen LogP contribution in [0.2, 0.25) is 5.02 Å². The summed E-state index contributed by atoms with van der Waals surface area (Å²) in [6.07, 6.45) is 6.98. The molecule has 2 aromatic heterocycles. The first-order chi connectivity index (χ1) is 11.3. The maximum absolute atomic E-state index is 6.16. The number of nitrogens with one attached hydrogen (secondary N) is 1. The van der Waals surface area contributed by atoms with Gasteiger partial charge in [-0.15, -0.1) is 0 Å². The molecule has 23 heavy (non-hydrogen) atoms. The zero-order valence-corrected chi connectivity index (χ0v) is 13.4. The molecule has 1 N–H and O–H groups in total. The summed E-state index contributed by atoms with van der Waals surface area (Å²) >= 11 is 6.16. The highest BCUT2D eigenvalue weighted by atomic mass is 35.5. The molecule has 0 bridgehead atoms. The molecule has 0 aliphatic carbocycles. The van der Waals surface area contributed by atoms with Crippen molar-refractivity contribution in [3.05, 3.63) is 59.4 Å². The first-order valence-electron chi connectivity index (χ1n) is 7.85. The highest BCUT2D eigenvalue weighted by Gasteiger charge is 2.21. The van der Waals surface area contributed by atoms with Crippen molar-refractivity contribution < 1.29 is 0 Å². The molecule has 1 aliphatic heterocycles. The van der Waals surface area contributed by atoms with Gasteiger partial charge in [0.05, 0.1) is 11.4 Å². The van der Waals surface area contributed by atoms with Gasteiger partial charge in [-0.1, -0.05) is 17.7 Å². The van der Waals surface area contributed by atoms with Crippen LogP contribution in [-0.4, -0.2) is 21.3 Å². The fourth-order valence-corrected chi connectivity index (χ4v) is 3.22. The lowest BCUT2D eigenvalue weighted by molar-refractivity contribution is 0.780. The molecule has 4 rings (SSSR count). The van der Waals surface area contributed by atoms with Crippen LogP contribution in [-0.2, 0) is 6.42 Å². The molecule has 116 valence electrons. The Bertz CT molecular complexity index is 826. The highest BCUT2D eigenvalue weighted by Crippen LogP contribution is 2.34. The molecule has 0 atom stereocenters. The molecule has 0 saturated carbocycles. The number of pyridine rings is 1. The first kappa shape index (κ1) is 14.3. The normalized spacial score (nSPS) is 14.0. The van der Waals surface area contributed by atoms with E-state index in [0.717, 1.165) is 35.7 Å². The topological polar surface area (TPSA) is 42.7 Å². The molecule has 3 aromatic rings. The summed E-state index contributed by atoms with van der Waals surface area (Å²) in [7, 11) is 0. The summed E-state index contributed by atoms with van der Waals surface area (Å²) < 4.78 is 1.97. The molecule has 4 nitrogen and oxygen atoms in total. The summed E-state index contributed by atoms with van der Waals surface area (Å²) in [4.78, 5) is 4.11. The van der Waals surface area contributed by atoms with Gasteiger partial charge in [-0.05, 0) is 49.6 Å². The molecule has 0 saturated heterocycles. The number of rotatable bonds is 2. The van der Waals surface area contributed by atoms with Gasteiger partial charge in [-0.25, -0.2) is 4.68 Å². The molecule has 3 heterocycles. The number of hydrogen-bond acceptors (Lipinski definition) is 3. The van der Waals surface area contributed by atoms with Crippen LogP contribution in [0.1, 0.15) is 18.4 Å². The van der Waals surface area contributed by atoms with Crippen molar-refractivity contribution in [2.45, 2.75) is 19.3 Å². The van der Waals surface area contributed by atoms with Crippen molar-refractivity contribution in [2.75, 3.05) is 11.9 Å². The van der Waals surface area contributed by atoms with Crippen molar-refractivity contribution in [3.8, 4) is 16.9 Å². The Morgan fingerprint density at radius 2 is 1.96 bits per heavy atom. The average Bonchev–Trinajstić information content (AvgIpc) is 2.77. The van der Waals surface area contributed by atoms with E-state index in [1.165, 1.54) is 18.4 Å². The Hall–Kier alpha value is -2.33. The van der Waals surface area contributed by atoms with Crippen LogP contribution in [0.4, 0.5) is 5.82 Å². The van der Waals surface area contributed by atoms with Gasteiger partial charge in [0.2, 0.25) is 0 Å². The summed E-state index contributed by atoms with van der Waals surface area (Å²) in [6, 6.07) is 11.8. The molecule has 0 unspecified atom stereocenters. The highest BCUT2D eigenvalue weighted by molar-refractivity contribution is 6.30. The summed E-state index contributed by atoms with van der Waals surface area (Å²) in [5, 5.41) is 9.14. The fourth-order valence-electron chi connectivity index (χ4n) is 3.04. The minimum absolute atomic E-state index is 0.714. The first-order valence-corrected chi connectivity index (χ1v) is 8.23. The van der Waals surface area contributed by atoms with Crippen LogP contribution in [0.15, 0.2) is 48.8 Å². The van der Waals surface area contributed by atoms with E-state index >= 15 is 0 Å². The fraction of sp³-hybridized carbons (Fsp3) is 0.222. The average molecular weight is 325 g/mol. The number of aromatic nitrogens is 3. The van der Waals surface area contributed by atoms with Crippen LogP contribution in [0.25, 0.3) is 16.9 Å². The van der Waals surface area contributed by atoms with Crippen molar-refractivity contribution in [1.82, 2.24) is 14.8 Å². The molecule has 1 aliphatic rings. The number of benzene rings is 1. The quantitative estimate of drug-likeness (QED) is 0.762. The lowest BCUT2D eigenvalue weighted by Gasteiger charge is -2.09. The lowest BCUT2D eigenvalue weighted by Crippen LogP contribution is -2.07. The number of nitrogens with zero attached hydrogens (tertiary/aromatic N) is 3. The van der Waals surface area contributed by atoms with Crippen LogP contribution in [0, 0.1) is 0 Å². The van der Waals surface area contributed by atoms with Crippen molar-refractivity contribution in [2.24, 2.45) is 0 Å². The number of halogens is 1. The van der Waals surface area contributed by atoms with E-state index in [-0.39, 0.29) is 0 Å². The second-order valence-electron chi connectivity index (χ2n) is 5.69. The standard InChI is InChI=1S/C18H17ClN4/c19-14-4-3-5-15(12-14)23-18-16(6-1-2-9-21-18)17(22-23)13-7-10-20-11-8-13/h3-5,7-8,10-12,21H,1-2,6,9H2. The minimum Gasteiger partial charge on any atom is -0.370 e. The van der Waals surface area contributed by atoms with E-state index < -0.39 is 0 Å². The third kappa shape index (κ3) is 2.70. The van der Waals surface area contributed by atoms with Crippen molar-refractivity contribution >= 4 is 17.4 Å². The van der Waals surface area contributed by atoms with E-state index in [4.69, 9.17) is 16.7 Å². The third-order valence-electron chi connectivity index (χ3n) is 4.14. The Balaban J connectivity index is 1.92. The molecule has 0 amide bonds. The minimum atomic E-state index is 0.714. The Morgan fingerprint density at radius 3 is 2.78 bits per heavy atom. The van der Waals surface area contributed by atoms with E-state index in [0.29, 0.717) is 5.02 Å². The van der Waals surface area contributed by atoms with Crippen molar-refractivity contribution in [1.29, 1.82) is 0 Å². The molecule has 0 fully saturated rings. The second-order valence-corrected chi connectivity index (χ2v) is 6.12. The SMILES string of the molecule is Clc1cccc(-n2nc(-c3ccncc3)c3c2NCCCC3)c1. The maximum atomic E-state index is 6.16. The maximum Gasteiger partial charge on any atom is 0.133 e. The van der Waals surface area contributed by atoms with Crippen LogP contribution in [0.5, 0.6) is 0 Å². The summed E-state index contributed by atoms with van der Waals surface area (Å²) in [5.74, 6) is 1.08. The van der Waals surface area contributed by atoms with E-state index in [1.54, 1.807) is 0 Å². The van der Waals surface area contributed by atoms with E-state index in [9.17, 15) is 0 Å². The smallest absolute Gasteiger partial charge is 0.133 e. The molecule has 0 radical (unpaired) electrons. The van der Waals surface area contributed by atoms with Gasteiger partial charge in [0, 0.05) is 35.1 Å². The van der Waals surface area contributed by atoms with Gasteiger partial charge in [0.15, 0.2) is 0 Å². The van der Waals surface area contributed by atoms with Gasteiger partial charge in [-0.3, -0.25) is 4.98 Å².